The number of aliphatic hydroxyl groups is 1. The predicted molar refractivity (Wildman–Crippen MR) is 62.3 cm³/mol. The van der Waals surface area contributed by atoms with Crippen LogP contribution in [0.5, 0.6) is 0 Å². The van der Waals surface area contributed by atoms with E-state index in [4.69, 9.17) is 4.74 Å². The molecule has 1 aliphatic rings. The number of likely N-dealkylation sites (tertiary alicyclic amines) is 1. The minimum absolute atomic E-state index is 0.134. The van der Waals surface area contributed by atoms with Crippen LogP contribution in [-0.2, 0) is 4.74 Å². The smallest absolute Gasteiger partial charge is 0.410 e. The van der Waals surface area contributed by atoms with E-state index in [1.807, 2.05) is 20.8 Å². The highest BCUT2D eigenvalue weighted by molar-refractivity contribution is 5.68. The molecule has 0 aromatic heterocycles. The van der Waals surface area contributed by atoms with Crippen molar-refractivity contribution < 1.29 is 14.6 Å². The van der Waals surface area contributed by atoms with E-state index in [9.17, 15) is 9.90 Å². The van der Waals surface area contributed by atoms with E-state index >= 15 is 0 Å². The quantitative estimate of drug-likeness (QED) is 0.789. The van der Waals surface area contributed by atoms with Gasteiger partial charge < -0.3 is 14.7 Å². The molecule has 0 aliphatic carbocycles. The summed E-state index contributed by atoms with van der Waals surface area (Å²) in [4.78, 5) is 13.6. The zero-order valence-corrected chi connectivity index (χ0v) is 10.7. The zero-order valence-electron chi connectivity index (χ0n) is 10.7. The van der Waals surface area contributed by atoms with Crippen LogP contribution in [0.4, 0.5) is 4.79 Å². The van der Waals surface area contributed by atoms with Crippen LogP contribution in [0.1, 0.15) is 47.0 Å². The van der Waals surface area contributed by atoms with Crippen LogP contribution < -0.4 is 0 Å². The summed E-state index contributed by atoms with van der Waals surface area (Å²) in [5, 5.41) is 9.37. The number of rotatable bonds is 2. The van der Waals surface area contributed by atoms with Crippen LogP contribution in [0.15, 0.2) is 0 Å². The second-order valence-corrected chi connectivity index (χ2v) is 5.55. The number of amides is 1. The van der Waals surface area contributed by atoms with Crippen molar-refractivity contribution in [2.45, 2.75) is 64.7 Å². The van der Waals surface area contributed by atoms with Gasteiger partial charge in [-0.2, -0.15) is 0 Å². The molecule has 1 heterocycles. The van der Waals surface area contributed by atoms with E-state index in [1.165, 1.54) is 0 Å². The lowest BCUT2D eigenvalue weighted by Crippen LogP contribution is -2.40. The van der Waals surface area contributed by atoms with E-state index in [1.54, 1.807) is 11.8 Å². The van der Waals surface area contributed by atoms with Crippen molar-refractivity contribution in [2.24, 2.45) is 0 Å². The number of aliphatic hydroxyl groups excluding tert-OH is 1. The van der Waals surface area contributed by atoms with E-state index in [0.29, 0.717) is 6.42 Å². The number of carbonyl (C=O) groups is 1. The molecule has 0 aromatic rings. The highest BCUT2D eigenvalue weighted by atomic mass is 16.6. The predicted octanol–water partition coefficient (Wildman–Crippen LogP) is 2.16. The lowest BCUT2D eigenvalue weighted by Gasteiger charge is -2.29. The van der Waals surface area contributed by atoms with Crippen molar-refractivity contribution in [2.75, 3.05) is 6.54 Å². The topological polar surface area (TPSA) is 49.8 Å². The van der Waals surface area contributed by atoms with Crippen molar-refractivity contribution in [3.8, 4) is 0 Å². The number of ether oxygens (including phenoxy) is 1. The van der Waals surface area contributed by atoms with Crippen LogP contribution in [-0.4, -0.2) is 40.4 Å². The molecule has 1 rings (SSSR count). The summed E-state index contributed by atoms with van der Waals surface area (Å²) in [5.74, 6) is 0. The average molecular weight is 229 g/mol. The molecule has 16 heavy (non-hydrogen) atoms. The largest absolute Gasteiger partial charge is 0.444 e. The molecule has 94 valence electrons. The Balaban J connectivity index is 2.54. The van der Waals surface area contributed by atoms with E-state index in [0.717, 1.165) is 19.4 Å². The normalized spacial score (nSPS) is 23.3. The molecule has 0 saturated carbocycles. The standard InChI is InChI=1S/C12H23NO3/c1-9(14)8-10-6-5-7-13(10)11(15)16-12(2,3)4/h9-10,14H,5-8H2,1-4H3/t9?,10-/m0/s1. The Hall–Kier alpha value is -0.770. The highest BCUT2D eigenvalue weighted by Crippen LogP contribution is 2.23. The summed E-state index contributed by atoms with van der Waals surface area (Å²) in [6, 6.07) is 0.134. The van der Waals surface area contributed by atoms with Crippen LogP contribution in [0.25, 0.3) is 0 Å². The SMILES string of the molecule is CC(O)C[C@@H]1CCCN1C(=O)OC(C)(C)C. The van der Waals surface area contributed by atoms with Gasteiger partial charge in [-0.25, -0.2) is 4.79 Å². The van der Waals surface area contributed by atoms with Crippen molar-refractivity contribution >= 4 is 6.09 Å². The Morgan fingerprint density at radius 1 is 1.56 bits per heavy atom. The van der Waals surface area contributed by atoms with Gasteiger partial charge in [-0.3, -0.25) is 0 Å². The summed E-state index contributed by atoms with van der Waals surface area (Å²) in [5.41, 5.74) is -0.449. The molecule has 0 bridgehead atoms. The lowest BCUT2D eigenvalue weighted by molar-refractivity contribution is 0.0187. The summed E-state index contributed by atoms with van der Waals surface area (Å²) in [6.07, 6.45) is 1.98. The summed E-state index contributed by atoms with van der Waals surface area (Å²) >= 11 is 0. The van der Waals surface area contributed by atoms with Gasteiger partial charge in [0.2, 0.25) is 0 Å². The molecule has 0 aromatic carbocycles. The Morgan fingerprint density at radius 2 is 2.19 bits per heavy atom. The first kappa shape index (κ1) is 13.3. The first-order chi connectivity index (χ1) is 7.29. The fraction of sp³-hybridized carbons (Fsp3) is 0.917. The van der Waals surface area contributed by atoms with Crippen LogP contribution >= 0.6 is 0 Å². The monoisotopic (exact) mass is 229 g/mol. The zero-order chi connectivity index (χ0) is 12.3. The minimum Gasteiger partial charge on any atom is -0.444 e. The van der Waals surface area contributed by atoms with Gasteiger partial charge in [-0.1, -0.05) is 0 Å². The molecule has 4 nitrogen and oxygen atoms in total. The molecule has 1 amide bonds. The van der Waals surface area contributed by atoms with Crippen molar-refractivity contribution in [3.05, 3.63) is 0 Å². The molecular weight excluding hydrogens is 206 g/mol. The Morgan fingerprint density at radius 3 is 2.69 bits per heavy atom. The van der Waals surface area contributed by atoms with Gasteiger partial charge in [0.1, 0.15) is 5.60 Å². The fourth-order valence-corrected chi connectivity index (χ4v) is 2.04. The maximum absolute atomic E-state index is 11.9. The lowest BCUT2D eigenvalue weighted by atomic mass is 10.1. The van der Waals surface area contributed by atoms with Crippen LogP contribution in [0, 0.1) is 0 Å². The third-order valence-corrected chi connectivity index (χ3v) is 2.62. The van der Waals surface area contributed by atoms with Gasteiger partial charge in [0.25, 0.3) is 0 Å². The third kappa shape index (κ3) is 4.00. The van der Waals surface area contributed by atoms with Crippen LogP contribution in [0.3, 0.4) is 0 Å². The molecule has 0 radical (unpaired) electrons. The van der Waals surface area contributed by atoms with Gasteiger partial charge >= 0.3 is 6.09 Å². The Kier molecular flexibility index (Phi) is 4.19. The average Bonchev–Trinajstić information content (AvgIpc) is 2.47. The molecule has 1 saturated heterocycles. The maximum Gasteiger partial charge on any atom is 0.410 e. The first-order valence-electron chi connectivity index (χ1n) is 5.97. The van der Waals surface area contributed by atoms with E-state index in [2.05, 4.69) is 0 Å². The van der Waals surface area contributed by atoms with Gasteiger partial charge in [0, 0.05) is 12.6 Å². The third-order valence-electron chi connectivity index (χ3n) is 2.62. The number of carbonyl (C=O) groups excluding carboxylic acids is 1. The number of nitrogens with zero attached hydrogens (tertiary/aromatic N) is 1. The van der Waals surface area contributed by atoms with Crippen molar-refractivity contribution in [3.63, 3.8) is 0 Å². The molecule has 1 fully saturated rings. The summed E-state index contributed by atoms with van der Waals surface area (Å²) < 4.78 is 5.34. The molecule has 1 unspecified atom stereocenters. The molecular formula is C12H23NO3. The van der Waals surface area contributed by atoms with Gasteiger partial charge in [-0.15, -0.1) is 0 Å². The maximum atomic E-state index is 11.9. The van der Waals surface area contributed by atoms with Gasteiger partial charge in [0.15, 0.2) is 0 Å². The summed E-state index contributed by atoms with van der Waals surface area (Å²) in [7, 11) is 0. The van der Waals surface area contributed by atoms with Crippen molar-refractivity contribution in [1.82, 2.24) is 4.90 Å². The first-order valence-corrected chi connectivity index (χ1v) is 5.97. The van der Waals surface area contributed by atoms with E-state index in [-0.39, 0.29) is 18.2 Å². The van der Waals surface area contributed by atoms with Gasteiger partial charge in [0.05, 0.1) is 6.10 Å². The molecule has 1 N–H and O–H groups in total. The molecule has 0 spiro atoms. The Bertz CT molecular complexity index is 245. The highest BCUT2D eigenvalue weighted by Gasteiger charge is 2.32. The second-order valence-electron chi connectivity index (χ2n) is 5.55. The number of hydrogen-bond donors (Lipinski definition) is 1. The molecule has 1 aliphatic heterocycles. The molecule has 4 heteroatoms. The molecule has 2 atom stereocenters. The fourth-order valence-electron chi connectivity index (χ4n) is 2.04. The summed E-state index contributed by atoms with van der Waals surface area (Å²) in [6.45, 7) is 8.10. The minimum atomic E-state index is -0.449. The van der Waals surface area contributed by atoms with Crippen molar-refractivity contribution in [1.29, 1.82) is 0 Å². The van der Waals surface area contributed by atoms with Gasteiger partial charge in [-0.05, 0) is 47.0 Å². The van der Waals surface area contributed by atoms with Crippen LogP contribution in [0.2, 0.25) is 0 Å². The second kappa shape index (κ2) is 5.04. The Labute approximate surface area is 97.6 Å². The number of hydrogen-bond acceptors (Lipinski definition) is 3. The van der Waals surface area contributed by atoms with E-state index < -0.39 is 5.60 Å².